The fourth-order valence-electron chi connectivity index (χ4n) is 2.99. The molecule has 2 rings (SSSR count). The number of nitrogens with zero attached hydrogens (tertiary/aromatic N) is 1. The molecule has 1 aliphatic rings. The van der Waals surface area contributed by atoms with E-state index in [1.165, 1.54) is 0 Å². The zero-order chi connectivity index (χ0) is 20.0. The van der Waals surface area contributed by atoms with Gasteiger partial charge in [0.2, 0.25) is 11.8 Å². The van der Waals surface area contributed by atoms with Crippen LogP contribution in [0.15, 0.2) is 24.3 Å². The van der Waals surface area contributed by atoms with Crippen molar-refractivity contribution in [2.75, 3.05) is 25.0 Å². The number of piperidine rings is 1. The lowest BCUT2D eigenvalue weighted by Crippen LogP contribution is -2.43. The lowest BCUT2D eigenvalue weighted by molar-refractivity contribution is -0.126. The number of carbonyl (C=O) groups is 3. The molecule has 2 N–H and O–H groups in total. The predicted octanol–water partition coefficient (Wildman–Crippen LogP) is 2.91. The fourth-order valence-corrected chi connectivity index (χ4v) is 2.99. The molecule has 0 aliphatic carbocycles. The fraction of sp³-hybridized carbons (Fsp3) is 0.571. The van der Waals surface area contributed by atoms with E-state index in [0.29, 0.717) is 49.6 Å². The van der Waals surface area contributed by atoms with E-state index in [1.807, 2.05) is 13.8 Å². The Morgan fingerprint density at radius 3 is 2.37 bits per heavy atom. The van der Waals surface area contributed by atoms with Crippen molar-refractivity contribution in [3.8, 4) is 0 Å². The quantitative estimate of drug-likeness (QED) is 0.805. The summed E-state index contributed by atoms with van der Waals surface area (Å²) in [5.74, 6) is 0.243. The standard InChI is InChI=1S/C21H31N3O3/c1-14(2)13-22-20(26)16-8-10-24(11-9-16)21(27)17-6-5-7-18(12-17)23-19(25)15(3)4/h5-7,12,14-16H,8-11,13H2,1-4H3,(H,22,26)(H,23,25). The van der Waals surface area contributed by atoms with Crippen LogP contribution in [0.3, 0.4) is 0 Å². The van der Waals surface area contributed by atoms with Gasteiger partial charge in [-0.05, 0) is 37.0 Å². The van der Waals surface area contributed by atoms with Crippen LogP contribution < -0.4 is 10.6 Å². The zero-order valence-electron chi connectivity index (χ0n) is 16.7. The summed E-state index contributed by atoms with van der Waals surface area (Å²) in [6.45, 7) is 9.62. The number of carbonyl (C=O) groups excluding carboxylic acids is 3. The van der Waals surface area contributed by atoms with Gasteiger partial charge in [0.25, 0.3) is 5.91 Å². The van der Waals surface area contributed by atoms with E-state index < -0.39 is 0 Å². The molecule has 6 nitrogen and oxygen atoms in total. The van der Waals surface area contributed by atoms with E-state index in [-0.39, 0.29) is 29.6 Å². The number of anilines is 1. The molecule has 0 aromatic heterocycles. The summed E-state index contributed by atoms with van der Waals surface area (Å²) in [6.07, 6.45) is 1.36. The van der Waals surface area contributed by atoms with E-state index in [1.54, 1.807) is 29.2 Å². The first-order valence-corrected chi connectivity index (χ1v) is 9.75. The van der Waals surface area contributed by atoms with Crippen LogP contribution in [0.25, 0.3) is 0 Å². The third-order valence-corrected chi connectivity index (χ3v) is 4.74. The van der Waals surface area contributed by atoms with E-state index >= 15 is 0 Å². The largest absolute Gasteiger partial charge is 0.356 e. The predicted molar refractivity (Wildman–Crippen MR) is 106 cm³/mol. The Morgan fingerprint density at radius 1 is 1.11 bits per heavy atom. The molecular weight excluding hydrogens is 342 g/mol. The molecule has 0 spiro atoms. The number of likely N-dealkylation sites (tertiary alicyclic amines) is 1. The normalized spacial score (nSPS) is 15.1. The van der Waals surface area contributed by atoms with Crippen molar-refractivity contribution in [2.24, 2.45) is 17.8 Å². The number of nitrogens with one attached hydrogen (secondary N) is 2. The second kappa shape index (κ2) is 9.53. The average Bonchev–Trinajstić information content (AvgIpc) is 2.65. The zero-order valence-corrected chi connectivity index (χ0v) is 16.7. The molecule has 1 saturated heterocycles. The van der Waals surface area contributed by atoms with E-state index in [2.05, 4.69) is 24.5 Å². The average molecular weight is 373 g/mol. The Bertz CT molecular complexity index is 677. The first-order valence-electron chi connectivity index (χ1n) is 9.75. The third kappa shape index (κ3) is 6.08. The van der Waals surface area contributed by atoms with Gasteiger partial charge in [0.15, 0.2) is 0 Å². The van der Waals surface area contributed by atoms with Gasteiger partial charge in [-0.15, -0.1) is 0 Å². The lowest BCUT2D eigenvalue weighted by atomic mass is 9.95. The minimum absolute atomic E-state index is 0.0236. The Labute approximate surface area is 161 Å². The maximum atomic E-state index is 12.8. The molecule has 27 heavy (non-hydrogen) atoms. The van der Waals surface area contributed by atoms with Crippen molar-refractivity contribution in [3.63, 3.8) is 0 Å². The maximum Gasteiger partial charge on any atom is 0.253 e. The molecule has 1 heterocycles. The van der Waals surface area contributed by atoms with Gasteiger partial charge in [-0.3, -0.25) is 14.4 Å². The summed E-state index contributed by atoms with van der Waals surface area (Å²) in [4.78, 5) is 38.6. The molecular formula is C21H31N3O3. The van der Waals surface area contributed by atoms with Crippen molar-refractivity contribution in [1.29, 1.82) is 0 Å². The molecule has 0 atom stereocenters. The molecule has 0 unspecified atom stereocenters. The van der Waals surface area contributed by atoms with E-state index in [0.717, 1.165) is 0 Å². The highest BCUT2D eigenvalue weighted by Crippen LogP contribution is 2.21. The topological polar surface area (TPSA) is 78.5 Å². The highest BCUT2D eigenvalue weighted by Gasteiger charge is 2.27. The van der Waals surface area contributed by atoms with Crippen molar-refractivity contribution >= 4 is 23.4 Å². The highest BCUT2D eigenvalue weighted by atomic mass is 16.2. The number of amides is 3. The van der Waals surface area contributed by atoms with Crippen molar-refractivity contribution < 1.29 is 14.4 Å². The molecule has 0 saturated carbocycles. The van der Waals surface area contributed by atoms with Gasteiger partial charge in [0.05, 0.1) is 0 Å². The number of hydrogen-bond donors (Lipinski definition) is 2. The van der Waals surface area contributed by atoms with Crippen LogP contribution in [0.2, 0.25) is 0 Å². The SMILES string of the molecule is CC(C)CNC(=O)C1CCN(C(=O)c2cccc(NC(=O)C(C)C)c2)CC1. The molecule has 1 aromatic rings. The van der Waals surface area contributed by atoms with Gasteiger partial charge < -0.3 is 15.5 Å². The van der Waals surface area contributed by atoms with Crippen LogP contribution >= 0.6 is 0 Å². The molecule has 1 fully saturated rings. The molecule has 0 radical (unpaired) electrons. The Hall–Kier alpha value is -2.37. The van der Waals surface area contributed by atoms with Crippen LogP contribution in [-0.2, 0) is 9.59 Å². The van der Waals surface area contributed by atoms with Gasteiger partial charge >= 0.3 is 0 Å². The van der Waals surface area contributed by atoms with Crippen LogP contribution in [0, 0.1) is 17.8 Å². The van der Waals surface area contributed by atoms with E-state index in [4.69, 9.17) is 0 Å². The second-order valence-electron chi connectivity index (χ2n) is 7.93. The second-order valence-corrected chi connectivity index (χ2v) is 7.93. The highest BCUT2D eigenvalue weighted by molar-refractivity contribution is 5.97. The molecule has 0 bridgehead atoms. The maximum absolute atomic E-state index is 12.8. The Balaban J connectivity index is 1.92. The lowest BCUT2D eigenvalue weighted by Gasteiger charge is -2.31. The van der Waals surface area contributed by atoms with Gasteiger partial charge in [-0.2, -0.15) is 0 Å². The van der Waals surface area contributed by atoms with Crippen LogP contribution in [0.5, 0.6) is 0 Å². The van der Waals surface area contributed by atoms with Gasteiger partial charge in [0.1, 0.15) is 0 Å². The van der Waals surface area contributed by atoms with Gasteiger partial charge in [-0.1, -0.05) is 33.8 Å². The summed E-state index contributed by atoms with van der Waals surface area (Å²) >= 11 is 0. The molecule has 148 valence electrons. The third-order valence-electron chi connectivity index (χ3n) is 4.74. The minimum atomic E-state index is -0.120. The summed E-state index contributed by atoms with van der Waals surface area (Å²) in [5, 5.41) is 5.80. The minimum Gasteiger partial charge on any atom is -0.356 e. The van der Waals surface area contributed by atoms with Gasteiger partial charge in [0, 0.05) is 42.7 Å². The van der Waals surface area contributed by atoms with Crippen molar-refractivity contribution in [2.45, 2.75) is 40.5 Å². The summed E-state index contributed by atoms with van der Waals surface area (Å²) in [6, 6.07) is 7.02. The monoisotopic (exact) mass is 373 g/mol. The first kappa shape index (κ1) is 20.9. The van der Waals surface area contributed by atoms with Crippen molar-refractivity contribution in [3.05, 3.63) is 29.8 Å². The van der Waals surface area contributed by atoms with Crippen LogP contribution in [-0.4, -0.2) is 42.3 Å². The van der Waals surface area contributed by atoms with Crippen molar-refractivity contribution in [1.82, 2.24) is 10.2 Å². The van der Waals surface area contributed by atoms with Crippen LogP contribution in [0.1, 0.15) is 50.9 Å². The Kier molecular flexibility index (Phi) is 7.39. The number of rotatable bonds is 6. The first-order chi connectivity index (χ1) is 12.8. The summed E-state index contributed by atoms with van der Waals surface area (Å²) in [5.41, 5.74) is 1.18. The Morgan fingerprint density at radius 2 is 1.78 bits per heavy atom. The van der Waals surface area contributed by atoms with Gasteiger partial charge in [-0.25, -0.2) is 0 Å². The molecule has 1 aromatic carbocycles. The van der Waals surface area contributed by atoms with E-state index in [9.17, 15) is 14.4 Å². The summed E-state index contributed by atoms with van der Waals surface area (Å²) in [7, 11) is 0. The smallest absolute Gasteiger partial charge is 0.253 e. The number of benzene rings is 1. The molecule has 1 aliphatic heterocycles. The molecule has 3 amide bonds. The molecule has 6 heteroatoms. The number of hydrogen-bond acceptors (Lipinski definition) is 3. The van der Waals surface area contributed by atoms with Crippen LogP contribution in [0.4, 0.5) is 5.69 Å². The summed E-state index contributed by atoms with van der Waals surface area (Å²) < 4.78 is 0.